The molecule has 1 aliphatic carbocycles. The van der Waals surface area contributed by atoms with Crippen LogP contribution >= 0.6 is 35.2 Å². The van der Waals surface area contributed by atoms with Crippen molar-refractivity contribution in [2.24, 2.45) is 0 Å². The lowest BCUT2D eigenvalue weighted by Crippen LogP contribution is -1.99. The first-order chi connectivity index (χ1) is 7.77. The Bertz CT molecular complexity index is 597. The minimum Gasteiger partial charge on any atom is -0.294 e. The maximum absolute atomic E-state index is 6.23. The first-order valence-electron chi connectivity index (χ1n) is 5.26. The Kier molecular flexibility index (Phi) is 2.62. The van der Waals surface area contributed by atoms with E-state index in [9.17, 15) is 0 Å². The molecule has 0 fully saturated rings. The second-order valence-corrected chi connectivity index (χ2v) is 6.01. The van der Waals surface area contributed by atoms with Crippen molar-refractivity contribution in [3.8, 4) is 5.69 Å². The van der Waals surface area contributed by atoms with E-state index in [2.05, 4.69) is 4.57 Å². The van der Waals surface area contributed by atoms with Crippen LogP contribution in [0.15, 0.2) is 24.3 Å². The Morgan fingerprint density at radius 3 is 2.88 bits per heavy atom. The van der Waals surface area contributed by atoms with Crippen LogP contribution in [0.25, 0.3) is 5.69 Å². The zero-order valence-corrected chi connectivity index (χ0v) is 11.0. The first kappa shape index (κ1) is 10.5. The van der Waals surface area contributed by atoms with E-state index < -0.39 is 0 Å². The van der Waals surface area contributed by atoms with Crippen LogP contribution in [-0.4, -0.2) is 4.57 Å². The van der Waals surface area contributed by atoms with Gasteiger partial charge in [-0.05, 0) is 43.6 Å². The molecule has 0 spiro atoms. The van der Waals surface area contributed by atoms with Gasteiger partial charge in [-0.2, -0.15) is 0 Å². The summed E-state index contributed by atoms with van der Waals surface area (Å²) >= 11 is 13.4. The summed E-state index contributed by atoms with van der Waals surface area (Å²) in [6, 6.07) is 7.89. The van der Waals surface area contributed by atoms with Gasteiger partial charge in [0.05, 0.1) is 10.7 Å². The number of hydrogen-bond donors (Lipinski definition) is 0. The number of benzene rings is 1. The van der Waals surface area contributed by atoms with Gasteiger partial charge in [-0.3, -0.25) is 4.57 Å². The monoisotopic (exact) mass is 267 g/mol. The molecule has 0 aliphatic heterocycles. The molecule has 1 aromatic heterocycles. The van der Waals surface area contributed by atoms with E-state index in [0.717, 1.165) is 21.1 Å². The summed E-state index contributed by atoms with van der Waals surface area (Å²) in [5, 5.41) is 0.770. The third-order valence-electron chi connectivity index (χ3n) is 2.90. The summed E-state index contributed by atoms with van der Waals surface area (Å²) in [7, 11) is 0. The molecular formula is C12H10ClNS2. The molecule has 1 aromatic carbocycles. The van der Waals surface area contributed by atoms with Crippen molar-refractivity contribution in [3.05, 3.63) is 43.8 Å². The fourth-order valence-corrected chi connectivity index (χ4v) is 3.98. The molecule has 1 heterocycles. The lowest BCUT2D eigenvalue weighted by Gasteiger charge is -2.08. The molecule has 82 valence electrons. The van der Waals surface area contributed by atoms with E-state index in [1.54, 1.807) is 11.3 Å². The Balaban J connectivity index is 2.28. The van der Waals surface area contributed by atoms with Gasteiger partial charge in [0.2, 0.25) is 0 Å². The molecule has 0 N–H and O–H groups in total. The zero-order valence-electron chi connectivity index (χ0n) is 8.57. The molecule has 0 radical (unpaired) electrons. The maximum atomic E-state index is 6.23. The number of nitrogens with zero attached hydrogens (tertiary/aromatic N) is 1. The smallest absolute Gasteiger partial charge is 0.166 e. The number of thiazole rings is 1. The van der Waals surface area contributed by atoms with Gasteiger partial charge in [-0.1, -0.05) is 23.7 Å². The highest BCUT2D eigenvalue weighted by atomic mass is 35.5. The van der Waals surface area contributed by atoms with Crippen LogP contribution < -0.4 is 0 Å². The molecule has 4 heteroatoms. The number of aromatic nitrogens is 1. The molecule has 1 nitrogen and oxygen atoms in total. The topological polar surface area (TPSA) is 4.93 Å². The van der Waals surface area contributed by atoms with Crippen molar-refractivity contribution in [1.29, 1.82) is 0 Å². The predicted molar refractivity (Wildman–Crippen MR) is 71.5 cm³/mol. The molecule has 0 bridgehead atoms. The Labute approximate surface area is 108 Å². The van der Waals surface area contributed by atoms with Crippen molar-refractivity contribution in [1.82, 2.24) is 4.57 Å². The van der Waals surface area contributed by atoms with Crippen molar-refractivity contribution in [2.45, 2.75) is 19.3 Å². The van der Waals surface area contributed by atoms with Crippen LogP contribution in [0.1, 0.15) is 17.0 Å². The van der Waals surface area contributed by atoms with Gasteiger partial charge in [-0.15, -0.1) is 11.3 Å². The Hall–Kier alpha value is -0.640. The lowest BCUT2D eigenvalue weighted by molar-refractivity contribution is 0.864. The summed E-state index contributed by atoms with van der Waals surface area (Å²) in [5.41, 5.74) is 2.39. The van der Waals surface area contributed by atoms with E-state index >= 15 is 0 Å². The Morgan fingerprint density at radius 1 is 1.25 bits per heavy atom. The van der Waals surface area contributed by atoms with Gasteiger partial charge < -0.3 is 0 Å². The average Bonchev–Trinajstić information content (AvgIpc) is 2.79. The van der Waals surface area contributed by atoms with Crippen LogP contribution in [0.4, 0.5) is 0 Å². The minimum absolute atomic E-state index is 0.770. The molecule has 0 saturated carbocycles. The molecule has 1 aliphatic rings. The third kappa shape index (κ3) is 1.54. The van der Waals surface area contributed by atoms with Gasteiger partial charge in [0.15, 0.2) is 3.95 Å². The molecule has 2 aromatic rings. The zero-order chi connectivity index (χ0) is 11.1. The highest BCUT2D eigenvalue weighted by Gasteiger charge is 2.19. The third-order valence-corrected chi connectivity index (χ3v) is 4.69. The number of rotatable bonds is 1. The van der Waals surface area contributed by atoms with Gasteiger partial charge in [0.25, 0.3) is 0 Å². The SMILES string of the molecule is S=c1sc2c(n1-c1ccccc1Cl)CCC2. The van der Waals surface area contributed by atoms with Gasteiger partial charge in [-0.25, -0.2) is 0 Å². The van der Waals surface area contributed by atoms with Gasteiger partial charge >= 0.3 is 0 Å². The van der Waals surface area contributed by atoms with E-state index in [4.69, 9.17) is 23.8 Å². The van der Waals surface area contributed by atoms with E-state index in [0.29, 0.717) is 0 Å². The summed E-state index contributed by atoms with van der Waals surface area (Å²) < 4.78 is 3.06. The molecule has 0 amide bonds. The van der Waals surface area contributed by atoms with Gasteiger partial charge in [0, 0.05) is 10.6 Å². The second-order valence-electron chi connectivity index (χ2n) is 3.88. The summed E-state index contributed by atoms with van der Waals surface area (Å²) in [6.45, 7) is 0. The summed E-state index contributed by atoms with van der Waals surface area (Å²) in [4.78, 5) is 1.44. The minimum atomic E-state index is 0.770. The second kappa shape index (κ2) is 3.99. The normalized spacial score (nSPS) is 14.1. The number of fused-ring (bicyclic) bond motifs is 1. The first-order valence-corrected chi connectivity index (χ1v) is 6.86. The van der Waals surface area contributed by atoms with Crippen LogP contribution in [0.5, 0.6) is 0 Å². The summed E-state index contributed by atoms with van der Waals surface area (Å²) in [6.07, 6.45) is 3.52. The molecular weight excluding hydrogens is 258 g/mol. The van der Waals surface area contributed by atoms with Gasteiger partial charge in [0.1, 0.15) is 0 Å². The fourth-order valence-electron chi connectivity index (χ4n) is 2.18. The number of aryl methyl sites for hydroxylation is 1. The highest BCUT2D eigenvalue weighted by molar-refractivity contribution is 7.73. The Morgan fingerprint density at radius 2 is 2.06 bits per heavy atom. The van der Waals surface area contributed by atoms with Crippen molar-refractivity contribution in [3.63, 3.8) is 0 Å². The fraction of sp³-hybridized carbons (Fsp3) is 0.250. The molecule has 0 atom stereocenters. The molecule has 3 rings (SSSR count). The van der Waals surface area contributed by atoms with E-state index in [1.165, 1.54) is 23.4 Å². The van der Waals surface area contributed by atoms with E-state index in [1.807, 2.05) is 24.3 Å². The van der Waals surface area contributed by atoms with Crippen LogP contribution in [-0.2, 0) is 12.8 Å². The quantitative estimate of drug-likeness (QED) is 0.693. The van der Waals surface area contributed by atoms with Crippen LogP contribution in [0, 0.1) is 3.95 Å². The average molecular weight is 268 g/mol. The summed E-state index contributed by atoms with van der Waals surface area (Å²) in [5.74, 6) is 0. The van der Waals surface area contributed by atoms with Crippen LogP contribution in [0.3, 0.4) is 0 Å². The molecule has 16 heavy (non-hydrogen) atoms. The van der Waals surface area contributed by atoms with E-state index in [-0.39, 0.29) is 0 Å². The predicted octanol–water partition coefficient (Wildman–Crippen LogP) is 4.41. The molecule has 0 unspecified atom stereocenters. The highest BCUT2D eigenvalue weighted by Crippen LogP contribution is 2.33. The number of hydrogen-bond acceptors (Lipinski definition) is 2. The largest absolute Gasteiger partial charge is 0.294 e. The number of halogens is 1. The number of para-hydroxylation sites is 1. The maximum Gasteiger partial charge on any atom is 0.166 e. The van der Waals surface area contributed by atoms with Crippen molar-refractivity contribution < 1.29 is 0 Å². The molecule has 0 saturated heterocycles. The van der Waals surface area contributed by atoms with Crippen molar-refractivity contribution >= 4 is 35.2 Å². The van der Waals surface area contributed by atoms with Crippen LogP contribution in [0.2, 0.25) is 5.02 Å². The standard InChI is InChI=1S/C12H10ClNS2/c13-8-4-1-2-5-9(8)14-10-6-3-7-11(10)16-12(14)15/h1-2,4-5H,3,6-7H2. The lowest BCUT2D eigenvalue weighted by atomic mass is 10.3. The van der Waals surface area contributed by atoms with Crippen molar-refractivity contribution in [2.75, 3.05) is 0 Å².